The second-order valence-corrected chi connectivity index (χ2v) is 9.96. The molecule has 0 saturated carbocycles. The van der Waals surface area contributed by atoms with Crippen molar-refractivity contribution in [2.45, 2.75) is 50.5 Å². The number of carbonyl (C=O) groups excluding carboxylic acids is 1. The highest BCUT2D eigenvalue weighted by molar-refractivity contribution is 6.30. The zero-order valence-corrected chi connectivity index (χ0v) is 21.0. The molecule has 4 rings (SSSR count). The van der Waals surface area contributed by atoms with Gasteiger partial charge in [0.1, 0.15) is 5.75 Å². The van der Waals surface area contributed by atoms with Gasteiger partial charge in [0.05, 0.1) is 12.7 Å². The van der Waals surface area contributed by atoms with E-state index < -0.39 is 5.60 Å². The van der Waals surface area contributed by atoms with Gasteiger partial charge in [0.2, 0.25) is 0 Å². The number of hydrogen-bond donors (Lipinski definition) is 2. The molecule has 34 heavy (non-hydrogen) atoms. The number of amides is 2. The second kappa shape index (κ2) is 11.0. The monoisotopic (exact) mass is 485 g/mol. The van der Waals surface area contributed by atoms with Crippen LogP contribution in [-0.2, 0) is 5.60 Å². The first-order valence-electron chi connectivity index (χ1n) is 12.4. The van der Waals surface area contributed by atoms with Crippen LogP contribution in [0.15, 0.2) is 42.5 Å². The van der Waals surface area contributed by atoms with Gasteiger partial charge in [0.25, 0.3) is 0 Å². The molecule has 2 aromatic carbocycles. The number of carbonyl (C=O) groups is 1. The Kier molecular flexibility index (Phi) is 8.02. The van der Waals surface area contributed by atoms with E-state index in [4.69, 9.17) is 16.3 Å². The number of halogens is 1. The van der Waals surface area contributed by atoms with Crippen LogP contribution in [0.4, 0.5) is 10.5 Å². The Hall–Kier alpha value is -2.28. The average molecular weight is 486 g/mol. The Balaban J connectivity index is 1.38. The van der Waals surface area contributed by atoms with Gasteiger partial charge in [0, 0.05) is 23.8 Å². The third-order valence-corrected chi connectivity index (χ3v) is 7.56. The first kappa shape index (κ1) is 24.8. The number of piperidine rings is 2. The van der Waals surface area contributed by atoms with Crippen LogP contribution < -0.4 is 10.1 Å². The molecule has 2 aromatic rings. The van der Waals surface area contributed by atoms with Crippen molar-refractivity contribution in [3.63, 3.8) is 0 Å². The van der Waals surface area contributed by atoms with E-state index in [1.54, 1.807) is 24.1 Å². The molecule has 2 saturated heterocycles. The van der Waals surface area contributed by atoms with Crippen LogP contribution in [0.3, 0.4) is 0 Å². The SMILES string of the molecule is CCCN1CCC(c2cc(NC(=O)N3CCC(O)(c4ccc(Cl)cc4)CC3)ccc2OC)CC1. The van der Waals surface area contributed by atoms with E-state index in [2.05, 4.69) is 23.2 Å². The average Bonchev–Trinajstić information content (AvgIpc) is 2.85. The van der Waals surface area contributed by atoms with Crippen LogP contribution in [0.2, 0.25) is 5.02 Å². The summed E-state index contributed by atoms with van der Waals surface area (Å²) in [6.07, 6.45) is 4.37. The molecule has 2 amide bonds. The van der Waals surface area contributed by atoms with Gasteiger partial charge in [-0.3, -0.25) is 0 Å². The van der Waals surface area contributed by atoms with Crippen LogP contribution in [0, 0.1) is 0 Å². The summed E-state index contributed by atoms with van der Waals surface area (Å²) in [5.41, 5.74) is 1.88. The maximum atomic E-state index is 13.0. The van der Waals surface area contributed by atoms with E-state index in [0.717, 1.165) is 49.5 Å². The Labute approximate surface area is 207 Å². The first-order chi connectivity index (χ1) is 16.4. The van der Waals surface area contributed by atoms with Crippen LogP contribution >= 0.6 is 11.6 Å². The number of anilines is 1. The predicted molar refractivity (Wildman–Crippen MR) is 137 cm³/mol. The van der Waals surface area contributed by atoms with Crippen molar-refractivity contribution in [2.24, 2.45) is 0 Å². The summed E-state index contributed by atoms with van der Waals surface area (Å²) in [7, 11) is 1.71. The Bertz CT molecular complexity index is 966. The highest BCUT2D eigenvalue weighted by Crippen LogP contribution is 2.37. The van der Waals surface area contributed by atoms with Crippen molar-refractivity contribution in [3.8, 4) is 5.75 Å². The van der Waals surface area contributed by atoms with E-state index >= 15 is 0 Å². The lowest BCUT2D eigenvalue weighted by Crippen LogP contribution is -2.46. The molecule has 2 fully saturated rings. The molecule has 6 nitrogen and oxygen atoms in total. The van der Waals surface area contributed by atoms with Crippen molar-refractivity contribution >= 4 is 23.3 Å². The zero-order chi connectivity index (χ0) is 24.1. The summed E-state index contributed by atoms with van der Waals surface area (Å²) in [6, 6.07) is 13.1. The largest absolute Gasteiger partial charge is 0.496 e. The number of methoxy groups -OCH3 is 1. The fourth-order valence-electron chi connectivity index (χ4n) is 5.25. The van der Waals surface area contributed by atoms with Gasteiger partial charge in [0.15, 0.2) is 0 Å². The van der Waals surface area contributed by atoms with E-state index in [1.807, 2.05) is 24.3 Å². The van der Waals surface area contributed by atoms with Crippen LogP contribution in [-0.4, -0.2) is 60.8 Å². The maximum absolute atomic E-state index is 13.0. The molecule has 2 heterocycles. The zero-order valence-electron chi connectivity index (χ0n) is 20.2. The smallest absolute Gasteiger partial charge is 0.321 e. The predicted octanol–water partition coefficient (Wildman–Crippen LogP) is 5.45. The lowest BCUT2D eigenvalue weighted by atomic mass is 9.84. The summed E-state index contributed by atoms with van der Waals surface area (Å²) in [5.74, 6) is 1.32. The number of rotatable bonds is 6. The number of nitrogens with zero attached hydrogens (tertiary/aromatic N) is 2. The van der Waals surface area contributed by atoms with Crippen molar-refractivity contribution in [2.75, 3.05) is 45.2 Å². The molecule has 2 N–H and O–H groups in total. The lowest BCUT2D eigenvalue weighted by molar-refractivity contribution is -0.0156. The first-order valence-corrected chi connectivity index (χ1v) is 12.7. The molecule has 184 valence electrons. The number of hydrogen-bond acceptors (Lipinski definition) is 4. The molecule has 7 heteroatoms. The molecule has 0 bridgehead atoms. The van der Waals surface area contributed by atoms with Gasteiger partial charge in [-0.15, -0.1) is 0 Å². The van der Waals surface area contributed by atoms with Crippen LogP contribution in [0.25, 0.3) is 0 Å². The van der Waals surface area contributed by atoms with Crippen molar-refractivity contribution in [1.29, 1.82) is 0 Å². The molecule has 0 radical (unpaired) electrons. The molecular weight excluding hydrogens is 450 g/mol. The number of aliphatic hydroxyl groups is 1. The minimum absolute atomic E-state index is 0.132. The fraction of sp³-hybridized carbons (Fsp3) is 0.519. The van der Waals surface area contributed by atoms with Crippen molar-refractivity contribution < 1.29 is 14.6 Å². The molecule has 0 aliphatic carbocycles. The molecular formula is C27H36ClN3O3. The molecule has 0 spiro atoms. The number of urea groups is 1. The minimum Gasteiger partial charge on any atom is -0.496 e. The van der Waals surface area contributed by atoms with E-state index in [9.17, 15) is 9.90 Å². The molecule has 0 aromatic heterocycles. The highest BCUT2D eigenvalue weighted by Gasteiger charge is 2.35. The molecule has 0 unspecified atom stereocenters. The molecule has 2 aliphatic heterocycles. The quantitative estimate of drug-likeness (QED) is 0.570. The standard InChI is InChI=1S/C27H36ClN3O3/c1-3-14-30-15-10-20(11-16-30)24-19-23(8-9-25(24)34-2)29-26(32)31-17-12-27(33,13-18-31)21-4-6-22(28)7-5-21/h4-9,19-20,33H,3,10-18H2,1-2H3,(H,29,32). The fourth-order valence-corrected chi connectivity index (χ4v) is 5.37. The van der Waals surface area contributed by atoms with Gasteiger partial charge in [-0.2, -0.15) is 0 Å². The summed E-state index contributed by atoms with van der Waals surface area (Å²) in [5, 5.41) is 14.8. The van der Waals surface area contributed by atoms with Gasteiger partial charge in [-0.25, -0.2) is 4.79 Å². The third kappa shape index (κ3) is 5.68. The summed E-state index contributed by atoms with van der Waals surface area (Å²) in [4.78, 5) is 17.3. The number of benzene rings is 2. The molecule has 2 aliphatic rings. The Morgan fingerprint density at radius 1 is 1.12 bits per heavy atom. The van der Waals surface area contributed by atoms with E-state index in [-0.39, 0.29) is 6.03 Å². The molecule has 0 atom stereocenters. The van der Waals surface area contributed by atoms with Gasteiger partial charge >= 0.3 is 6.03 Å². The maximum Gasteiger partial charge on any atom is 0.321 e. The summed E-state index contributed by atoms with van der Waals surface area (Å²) < 4.78 is 5.65. The number of likely N-dealkylation sites (tertiary alicyclic amines) is 2. The van der Waals surface area contributed by atoms with Gasteiger partial charge < -0.3 is 25.0 Å². The van der Waals surface area contributed by atoms with E-state index in [1.165, 1.54) is 12.0 Å². The Morgan fingerprint density at radius 2 is 1.79 bits per heavy atom. The summed E-state index contributed by atoms with van der Waals surface area (Å²) >= 11 is 5.98. The lowest BCUT2D eigenvalue weighted by Gasteiger charge is -2.38. The third-order valence-electron chi connectivity index (χ3n) is 7.31. The van der Waals surface area contributed by atoms with Gasteiger partial charge in [-0.05, 0) is 99.1 Å². The van der Waals surface area contributed by atoms with E-state index in [0.29, 0.717) is 36.9 Å². The van der Waals surface area contributed by atoms with Crippen molar-refractivity contribution in [3.05, 3.63) is 58.6 Å². The number of nitrogens with one attached hydrogen (secondary N) is 1. The topological polar surface area (TPSA) is 65.0 Å². The van der Waals surface area contributed by atoms with Gasteiger partial charge in [-0.1, -0.05) is 30.7 Å². The van der Waals surface area contributed by atoms with Crippen molar-refractivity contribution in [1.82, 2.24) is 9.80 Å². The van der Waals surface area contributed by atoms with Crippen LogP contribution in [0.1, 0.15) is 56.1 Å². The summed E-state index contributed by atoms with van der Waals surface area (Å²) in [6.45, 7) is 6.56. The second-order valence-electron chi connectivity index (χ2n) is 9.53. The van der Waals surface area contributed by atoms with Crippen LogP contribution in [0.5, 0.6) is 5.75 Å². The number of ether oxygens (including phenoxy) is 1. The highest BCUT2D eigenvalue weighted by atomic mass is 35.5. The Morgan fingerprint density at radius 3 is 2.41 bits per heavy atom. The minimum atomic E-state index is -0.929. The normalized spacial score (nSPS) is 19.1.